The Morgan fingerprint density at radius 1 is 0.220 bits per heavy atom. The number of hydrogen-bond donors (Lipinski definition) is 0. The summed E-state index contributed by atoms with van der Waals surface area (Å²) in [5, 5.41) is 0. The Bertz CT molecular complexity index is 873. The van der Waals surface area contributed by atoms with Crippen molar-refractivity contribution in [2.75, 3.05) is 0 Å². The van der Waals surface area contributed by atoms with Crippen LogP contribution in [0.1, 0.15) is 108 Å². The van der Waals surface area contributed by atoms with Crippen LogP contribution in [0.2, 0.25) is 0 Å². The fourth-order valence-corrected chi connectivity index (χ4v) is 2.50. The van der Waals surface area contributed by atoms with E-state index in [1.165, 1.54) is 38.9 Å². The van der Waals surface area contributed by atoms with E-state index in [0.29, 0.717) is 0 Å². The molecule has 4 aromatic rings. The molecule has 0 atom stereocenters. The van der Waals surface area contributed by atoms with Gasteiger partial charge in [-0.05, 0) is 70.7 Å². The molecule has 232 valence electrons. The van der Waals surface area contributed by atoms with E-state index in [-0.39, 0.29) is 0 Å². The van der Waals surface area contributed by atoms with Crippen molar-refractivity contribution >= 4 is 0 Å². The van der Waals surface area contributed by atoms with Crippen LogP contribution in [-0.4, -0.2) is 0 Å². The lowest BCUT2D eigenvalue weighted by atomic mass is 10.1. The second kappa shape index (κ2) is 39.0. The normalized spacial score (nSPS) is 7.63. The second-order valence-electron chi connectivity index (χ2n) is 7.98. The van der Waals surface area contributed by atoms with Gasteiger partial charge in [0, 0.05) is 0 Å². The van der Waals surface area contributed by atoms with Gasteiger partial charge < -0.3 is 0 Å². The zero-order valence-electron chi connectivity index (χ0n) is 30.3. The average molecular weight is 561 g/mol. The third-order valence-electron chi connectivity index (χ3n) is 5.01. The summed E-state index contributed by atoms with van der Waals surface area (Å²) < 4.78 is 0. The molecule has 0 heterocycles. The van der Waals surface area contributed by atoms with Gasteiger partial charge in [-0.3, -0.25) is 0 Å². The fraction of sp³-hybridized carbons (Fsp3) is 0.415. The molecular formula is C41H68. The minimum absolute atomic E-state index is 1.32. The van der Waals surface area contributed by atoms with Gasteiger partial charge in [0.15, 0.2) is 0 Å². The average Bonchev–Trinajstić information content (AvgIpc) is 3.04. The molecule has 0 spiro atoms. The molecule has 0 aromatic heterocycles. The summed E-state index contributed by atoms with van der Waals surface area (Å²) in [5.74, 6) is 0. The quantitative estimate of drug-likeness (QED) is 0.201. The van der Waals surface area contributed by atoms with Crippen molar-refractivity contribution in [2.24, 2.45) is 0 Å². The first-order valence-corrected chi connectivity index (χ1v) is 15.9. The Morgan fingerprint density at radius 3 is 0.537 bits per heavy atom. The summed E-state index contributed by atoms with van der Waals surface area (Å²) >= 11 is 0. The van der Waals surface area contributed by atoms with E-state index < -0.39 is 0 Å². The Labute approximate surface area is 259 Å². The first-order valence-electron chi connectivity index (χ1n) is 15.9. The largest absolute Gasteiger partial charge is 0.0683 e. The highest BCUT2D eigenvalue weighted by molar-refractivity contribution is 5.24. The second-order valence-corrected chi connectivity index (χ2v) is 7.98. The van der Waals surface area contributed by atoms with Crippen LogP contribution in [0.3, 0.4) is 0 Å². The van der Waals surface area contributed by atoms with E-state index in [0.717, 1.165) is 0 Å². The van der Waals surface area contributed by atoms with Crippen LogP contribution >= 0.6 is 0 Å². The first-order chi connectivity index (χ1) is 19.8. The van der Waals surface area contributed by atoms with Crippen molar-refractivity contribution in [3.05, 3.63) is 142 Å². The SMILES string of the molecule is CC.CC.CC.CC.CC.Cc1ccc(C)cc1.Cc1ccccc1.Cc1ccccc1C.Cc1ccccc1C. The molecular weight excluding hydrogens is 492 g/mol. The molecule has 0 heteroatoms. The molecule has 41 heavy (non-hydrogen) atoms. The highest BCUT2D eigenvalue weighted by Crippen LogP contribution is 2.03. The van der Waals surface area contributed by atoms with Gasteiger partial charge >= 0.3 is 0 Å². The highest BCUT2D eigenvalue weighted by atomic mass is 13.9. The zero-order valence-corrected chi connectivity index (χ0v) is 30.3. The van der Waals surface area contributed by atoms with Crippen LogP contribution in [0.5, 0.6) is 0 Å². The number of rotatable bonds is 0. The van der Waals surface area contributed by atoms with Crippen molar-refractivity contribution in [1.82, 2.24) is 0 Å². The van der Waals surface area contributed by atoms with Gasteiger partial charge in [-0.15, -0.1) is 0 Å². The van der Waals surface area contributed by atoms with Crippen LogP contribution in [0.4, 0.5) is 0 Å². The maximum atomic E-state index is 2.12. The van der Waals surface area contributed by atoms with E-state index in [1.54, 1.807) is 0 Å². The molecule has 0 aliphatic heterocycles. The Morgan fingerprint density at radius 2 is 0.390 bits per heavy atom. The maximum Gasteiger partial charge on any atom is -0.0395 e. The molecule has 0 aliphatic rings. The van der Waals surface area contributed by atoms with Crippen LogP contribution < -0.4 is 0 Å². The summed E-state index contributed by atoms with van der Waals surface area (Å²) in [6, 6.07) is 35.5. The van der Waals surface area contributed by atoms with E-state index in [1.807, 2.05) is 87.4 Å². The molecule has 4 aromatic carbocycles. The van der Waals surface area contributed by atoms with Gasteiger partial charge in [0.25, 0.3) is 0 Å². The van der Waals surface area contributed by atoms with Gasteiger partial charge in [0.1, 0.15) is 0 Å². The predicted molar refractivity (Wildman–Crippen MR) is 196 cm³/mol. The fourth-order valence-electron chi connectivity index (χ4n) is 2.50. The van der Waals surface area contributed by atoms with Crippen molar-refractivity contribution in [1.29, 1.82) is 0 Å². The Kier molecular flexibility index (Phi) is 45.4. The van der Waals surface area contributed by atoms with Crippen LogP contribution in [0.25, 0.3) is 0 Å². The van der Waals surface area contributed by atoms with Crippen LogP contribution in [0, 0.1) is 48.5 Å². The molecule has 0 aliphatic carbocycles. The molecule has 0 saturated carbocycles. The Hall–Kier alpha value is -3.12. The molecule has 0 N–H and O–H groups in total. The van der Waals surface area contributed by atoms with Crippen molar-refractivity contribution in [3.8, 4) is 0 Å². The standard InChI is InChI=1S/3C8H10.C7H8.5C2H6/c1-7-3-5-8(2)6-4-7;2*1-7-5-3-4-6-8(7)2;1-7-5-3-2-4-6-7;5*1-2/h3*3-6H,1-2H3;2-6H,1H3;5*1-2H3. The topological polar surface area (TPSA) is 0 Å². The van der Waals surface area contributed by atoms with Crippen molar-refractivity contribution in [2.45, 2.75) is 118 Å². The molecule has 0 nitrogen and oxygen atoms in total. The molecule has 0 fully saturated rings. The molecule has 0 saturated heterocycles. The molecule has 0 bridgehead atoms. The predicted octanol–water partition coefficient (Wildman–Crippen LogP) is 14.0. The van der Waals surface area contributed by atoms with Crippen molar-refractivity contribution < 1.29 is 0 Å². The van der Waals surface area contributed by atoms with E-state index in [9.17, 15) is 0 Å². The molecule has 0 amide bonds. The van der Waals surface area contributed by atoms with Gasteiger partial charge in [-0.1, -0.05) is 189 Å². The maximum absolute atomic E-state index is 2.12. The summed E-state index contributed by atoms with van der Waals surface area (Å²) in [6.45, 7) is 34.8. The molecule has 4 rings (SSSR count). The highest BCUT2D eigenvalue weighted by Gasteiger charge is 1.84. The zero-order chi connectivity index (χ0) is 33.1. The van der Waals surface area contributed by atoms with E-state index in [4.69, 9.17) is 0 Å². The van der Waals surface area contributed by atoms with Crippen LogP contribution in [-0.2, 0) is 0 Å². The Balaban J connectivity index is -0.000000127. The van der Waals surface area contributed by atoms with Gasteiger partial charge in [-0.2, -0.15) is 0 Å². The smallest absolute Gasteiger partial charge is 0.0395 e. The lowest BCUT2D eigenvalue weighted by Gasteiger charge is -1.93. The van der Waals surface area contributed by atoms with E-state index >= 15 is 0 Å². The van der Waals surface area contributed by atoms with Gasteiger partial charge in [0.05, 0.1) is 0 Å². The monoisotopic (exact) mass is 561 g/mol. The number of aryl methyl sites for hydroxylation is 7. The lowest BCUT2D eigenvalue weighted by Crippen LogP contribution is -1.74. The summed E-state index contributed by atoms with van der Waals surface area (Å²) in [5.41, 5.74) is 9.45. The van der Waals surface area contributed by atoms with Gasteiger partial charge in [0.2, 0.25) is 0 Å². The summed E-state index contributed by atoms with van der Waals surface area (Å²) in [6.07, 6.45) is 0. The van der Waals surface area contributed by atoms with Crippen LogP contribution in [0.15, 0.2) is 103 Å². The summed E-state index contributed by atoms with van der Waals surface area (Å²) in [7, 11) is 0. The third kappa shape index (κ3) is 33.0. The lowest BCUT2D eigenvalue weighted by molar-refractivity contribution is 1.34. The summed E-state index contributed by atoms with van der Waals surface area (Å²) in [4.78, 5) is 0. The molecule has 0 radical (unpaired) electrons. The van der Waals surface area contributed by atoms with Gasteiger partial charge in [-0.25, -0.2) is 0 Å². The van der Waals surface area contributed by atoms with Crippen molar-refractivity contribution in [3.63, 3.8) is 0 Å². The minimum atomic E-state index is 1.32. The third-order valence-corrected chi connectivity index (χ3v) is 5.01. The number of hydrogen-bond acceptors (Lipinski definition) is 0. The first kappa shape index (κ1) is 47.7. The number of benzene rings is 4. The van der Waals surface area contributed by atoms with E-state index in [2.05, 4.69) is 133 Å². The molecule has 0 unspecified atom stereocenters. The minimum Gasteiger partial charge on any atom is -0.0683 e.